The molecule has 1 aliphatic carbocycles. The lowest BCUT2D eigenvalue weighted by Crippen LogP contribution is -2.48. The van der Waals surface area contributed by atoms with Crippen molar-refractivity contribution < 1.29 is 9.53 Å². The van der Waals surface area contributed by atoms with E-state index in [0.717, 1.165) is 38.8 Å². The number of likely N-dealkylation sites (tertiary alicyclic amines) is 1. The predicted octanol–water partition coefficient (Wildman–Crippen LogP) is 2.39. The second-order valence-electron chi connectivity index (χ2n) is 7.10. The van der Waals surface area contributed by atoms with Crippen molar-refractivity contribution in [1.82, 2.24) is 4.90 Å². The van der Waals surface area contributed by atoms with Crippen LogP contribution in [0, 0.1) is 11.3 Å². The van der Waals surface area contributed by atoms with Gasteiger partial charge >= 0.3 is 0 Å². The number of methoxy groups -OCH3 is 1. The van der Waals surface area contributed by atoms with Gasteiger partial charge in [0.25, 0.3) is 0 Å². The number of hydrogen-bond acceptors (Lipinski definition) is 3. The maximum atomic E-state index is 13.1. The summed E-state index contributed by atoms with van der Waals surface area (Å²) in [6.45, 7) is 2.90. The van der Waals surface area contributed by atoms with Gasteiger partial charge in [0.2, 0.25) is 5.91 Å². The number of carbonyl (C=O) groups excluding carboxylic acids is 1. The molecule has 2 fully saturated rings. The molecule has 0 bridgehead atoms. The maximum Gasteiger partial charge on any atom is 0.228 e. The van der Waals surface area contributed by atoms with E-state index < -0.39 is 0 Å². The second kappa shape index (κ2) is 7.02. The van der Waals surface area contributed by atoms with Crippen LogP contribution in [0.5, 0.6) is 0 Å². The maximum absolute atomic E-state index is 13.1. The molecule has 1 saturated heterocycles. The van der Waals surface area contributed by atoms with Crippen LogP contribution in [0.2, 0.25) is 0 Å². The van der Waals surface area contributed by atoms with Crippen LogP contribution in [0.15, 0.2) is 30.3 Å². The molecule has 4 nitrogen and oxygen atoms in total. The summed E-state index contributed by atoms with van der Waals surface area (Å²) in [6.07, 6.45) is 4.03. The number of nitrogens with zero attached hydrogens (tertiary/aromatic N) is 1. The van der Waals surface area contributed by atoms with Crippen molar-refractivity contribution in [3.8, 4) is 0 Å². The van der Waals surface area contributed by atoms with E-state index in [1.807, 2.05) is 6.07 Å². The van der Waals surface area contributed by atoms with Crippen molar-refractivity contribution in [2.75, 3.05) is 33.4 Å². The fourth-order valence-electron chi connectivity index (χ4n) is 4.16. The number of ether oxygens (including phenoxy) is 1. The van der Waals surface area contributed by atoms with E-state index in [1.54, 1.807) is 7.11 Å². The third-order valence-corrected chi connectivity index (χ3v) is 5.81. The Morgan fingerprint density at radius 1 is 1.30 bits per heavy atom. The highest BCUT2D eigenvalue weighted by Crippen LogP contribution is 2.47. The minimum atomic E-state index is -0.166. The molecule has 1 aromatic carbocycles. The van der Waals surface area contributed by atoms with Gasteiger partial charge in [-0.1, -0.05) is 36.8 Å². The van der Waals surface area contributed by atoms with Crippen LogP contribution in [0.25, 0.3) is 0 Å². The Bertz CT molecular complexity index is 527. The first-order valence-electron chi connectivity index (χ1n) is 8.73. The lowest BCUT2D eigenvalue weighted by molar-refractivity contribution is -0.148. The molecule has 23 heavy (non-hydrogen) atoms. The first kappa shape index (κ1) is 16.5. The van der Waals surface area contributed by atoms with E-state index in [2.05, 4.69) is 29.2 Å². The molecule has 2 atom stereocenters. The van der Waals surface area contributed by atoms with E-state index >= 15 is 0 Å². The van der Waals surface area contributed by atoms with Crippen LogP contribution in [0.3, 0.4) is 0 Å². The molecule has 0 radical (unpaired) electrons. The number of hydrogen-bond donors (Lipinski definition) is 1. The topological polar surface area (TPSA) is 55.6 Å². The largest absolute Gasteiger partial charge is 0.385 e. The van der Waals surface area contributed by atoms with Gasteiger partial charge in [0.15, 0.2) is 0 Å². The van der Waals surface area contributed by atoms with Gasteiger partial charge in [-0.05, 0) is 37.3 Å². The second-order valence-corrected chi connectivity index (χ2v) is 7.10. The highest BCUT2D eigenvalue weighted by Gasteiger charge is 2.48. The summed E-state index contributed by atoms with van der Waals surface area (Å²) in [5.74, 6) is 1.06. The van der Waals surface area contributed by atoms with E-state index in [0.29, 0.717) is 30.9 Å². The summed E-state index contributed by atoms with van der Waals surface area (Å²) in [6, 6.07) is 10.5. The molecule has 0 unspecified atom stereocenters. The zero-order chi connectivity index (χ0) is 16.3. The molecule has 1 amide bonds. The molecule has 2 N–H and O–H groups in total. The third-order valence-electron chi connectivity index (χ3n) is 5.81. The van der Waals surface area contributed by atoms with Crippen LogP contribution in [-0.2, 0) is 9.53 Å². The van der Waals surface area contributed by atoms with Gasteiger partial charge in [-0.3, -0.25) is 4.79 Å². The average Bonchev–Trinajstić information content (AvgIpc) is 2.99. The Morgan fingerprint density at radius 2 is 2.04 bits per heavy atom. The van der Waals surface area contributed by atoms with E-state index in [1.165, 1.54) is 5.56 Å². The van der Waals surface area contributed by atoms with Crippen molar-refractivity contribution in [2.45, 2.75) is 31.6 Å². The lowest BCUT2D eigenvalue weighted by atomic mass is 9.66. The lowest BCUT2D eigenvalue weighted by Gasteiger charge is -2.42. The van der Waals surface area contributed by atoms with E-state index in [4.69, 9.17) is 10.5 Å². The Kier molecular flexibility index (Phi) is 5.02. The summed E-state index contributed by atoms with van der Waals surface area (Å²) >= 11 is 0. The number of carbonyl (C=O) groups is 1. The monoisotopic (exact) mass is 316 g/mol. The Morgan fingerprint density at radius 3 is 2.61 bits per heavy atom. The molecule has 0 aromatic heterocycles. The van der Waals surface area contributed by atoms with Crippen LogP contribution in [-0.4, -0.2) is 44.2 Å². The number of nitrogens with two attached hydrogens (primary N) is 1. The summed E-state index contributed by atoms with van der Waals surface area (Å²) < 4.78 is 5.23. The minimum absolute atomic E-state index is 0.166. The van der Waals surface area contributed by atoms with E-state index in [9.17, 15) is 4.79 Å². The number of amides is 1. The van der Waals surface area contributed by atoms with Crippen LogP contribution in [0.4, 0.5) is 0 Å². The van der Waals surface area contributed by atoms with Gasteiger partial charge in [-0.15, -0.1) is 0 Å². The SMILES string of the molecule is COCCC1(C(=O)N2C[C@@H](CN)[C@H](c3ccccc3)C2)CCC1. The molecule has 3 rings (SSSR count). The van der Waals surface area contributed by atoms with Gasteiger partial charge < -0.3 is 15.4 Å². The molecule has 0 spiro atoms. The van der Waals surface area contributed by atoms with Crippen molar-refractivity contribution >= 4 is 5.91 Å². The van der Waals surface area contributed by atoms with Crippen LogP contribution < -0.4 is 5.73 Å². The zero-order valence-electron chi connectivity index (χ0n) is 14.0. The minimum Gasteiger partial charge on any atom is -0.385 e. The van der Waals surface area contributed by atoms with Gasteiger partial charge in [0, 0.05) is 32.7 Å². The Hall–Kier alpha value is -1.39. The third kappa shape index (κ3) is 3.15. The Balaban J connectivity index is 1.73. The average molecular weight is 316 g/mol. The molecule has 4 heteroatoms. The van der Waals surface area contributed by atoms with Crippen molar-refractivity contribution in [3.05, 3.63) is 35.9 Å². The predicted molar refractivity (Wildman–Crippen MR) is 91.1 cm³/mol. The molecule has 1 aliphatic heterocycles. The summed E-state index contributed by atoms with van der Waals surface area (Å²) in [7, 11) is 1.71. The highest BCUT2D eigenvalue weighted by atomic mass is 16.5. The number of benzene rings is 1. The molecule has 2 aliphatic rings. The molecule has 126 valence electrons. The number of rotatable bonds is 6. The van der Waals surface area contributed by atoms with Gasteiger partial charge in [0.05, 0.1) is 5.41 Å². The van der Waals surface area contributed by atoms with Crippen LogP contribution in [0.1, 0.15) is 37.2 Å². The normalized spacial score (nSPS) is 26.1. The smallest absolute Gasteiger partial charge is 0.228 e. The first-order chi connectivity index (χ1) is 11.2. The van der Waals surface area contributed by atoms with Crippen molar-refractivity contribution in [2.24, 2.45) is 17.1 Å². The molecular weight excluding hydrogens is 288 g/mol. The fourth-order valence-corrected chi connectivity index (χ4v) is 4.16. The molecule has 1 aromatic rings. The zero-order valence-corrected chi connectivity index (χ0v) is 14.0. The summed E-state index contributed by atoms with van der Waals surface area (Å²) in [5, 5.41) is 0. The molecular formula is C19H28N2O2. The van der Waals surface area contributed by atoms with Crippen molar-refractivity contribution in [3.63, 3.8) is 0 Å². The Labute approximate surface area is 139 Å². The van der Waals surface area contributed by atoms with Gasteiger partial charge in [-0.2, -0.15) is 0 Å². The van der Waals surface area contributed by atoms with Gasteiger partial charge in [0.1, 0.15) is 0 Å². The highest BCUT2D eigenvalue weighted by molar-refractivity contribution is 5.84. The fraction of sp³-hybridized carbons (Fsp3) is 0.632. The van der Waals surface area contributed by atoms with Crippen molar-refractivity contribution in [1.29, 1.82) is 0 Å². The van der Waals surface area contributed by atoms with Gasteiger partial charge in [-0.25, -0.2) is 0 Å². The summed E-state index contributed by atoms with van der Waals surface area (Å²) in [4.78, 5) is 15.2. The van der Waals surface area contributed by atoms with Crippen LogP contribution >= 0.6 is 0 Å². The molecule has 1 heterocycles. The van der Waals surface area contributed by atoms with E-state index in [-0.39, 0.29) is 5.41 Å². The quantitative estimate of drug-likeness (QED) is 0.877. The summed E-state index contributed by atoms with van der Waals surface area (Å²) in [5.41, 5.74) is 7.14. The standard InChI is InChI=1S/C19H28N2O2/c1-23-11-10-19(8-5-9-19)18(22)21-13-16(12-20)17(14-21)15-6-3-2-4-7-15/h2-4,6-7,16-17H,5,8-14,20H2,1H3/t16-,17+/m1/s1. The first-order valence-corrected chi connectivity index (χ1v) is 8.73. The molecule has 1 saturated carbocycles.